The van der Waals surface area contributed by atoms with Gasteiger partial charge in [0.2, 0.25) is 0 Å². The van der Waals surface area contributed by atoms with Crippen molar-refractivity contribution in [3.63, 3.8) is 0 Å². The first-order chi connectivity index (χ1) is 12.8. The summed E-state index contributed by atoms with van der Waals surface area (Å²) in [6.07, 6.45) is 4.28. The van der Waals surface area contributed by atoms with Crippen LogP contribution in [0.15, 0.2) is 54.9 Å². The van der Waals surface area contributed by atoms with E-state index in [1.807, 2.05) is 55.6 Å². The van der Waals surface area contributed by atoms with Gasteiger partial charge in [0.25, 0.3) is 0 Å². The fraction of sp³-hybridized carbons (Fsp3) is 0.450. The Morgan fingerprint density at radius 3 is 2.69 bits per heavy atom. The zero-order chi connectivity index (χ0) is 18.0. The molecule has 138 valence electrons. The maximum absolute atomic E-state index is 10.4. The molecule has 3 heterocycles. The average molecular weight is 356 g/mol. The number of nitrogens with zero attached hydrogens (tertiary/aromatic N) is 2. The third kappa shape index (κ3) is 3.04. The van der Waals surface area contributed by atoms with E-state index in [0.717, 1.165) is 11.1 Å². The van der Waals surface area contributed by atoms with Crippen molar-refractivity contribution in [2.75, 3.05) is 13.2 Å². The standard InChI is InChI=1S/C20H24N2O4/c1-2-24-19-11-17(16-9-6-10-21-13-16)20(14-23)12-18(25-22(20)26-19)15-7-4-3-5-8-15/h3-10,13,17-19,23H,2,11-12,14H2,1H3. The van der Waals surface area contributed by atoms with Gasteiger partial charge in [-0.05, 0) is 24.1 Å². The SMILES string of the molecule is CCOC1CC(c2cccnc2)C2(CO)CC(c3ccccc3)ON2O1. The summed E-state index contributed by atoms with van der Waals surface area (Å²) >= 11 is 0. The van der Waals surface area contributed by atoms with Gasteiger partial charge in [0, 0.05) is 37.8 Å². The van der Waals surface area contributed by atoms with Crippen LogP contribution in [0.3, 0.4) is 0 Å². The maximum Gasteiger partial charge on any atom is 0.180 e. The smallest absolute Gasteiger partial charge is 0.180 e. The number of aromatic nitrogens is 1. The van der Waals surface area contributed by atoms with Gasteiger partial charge in [0.15, 0.2) is 6.29 Å². The Morgan fingerprint density at radius 2 is 2.00 bits per heavy atom. The number of aliphatic hydroxyl groups excluding tert-OH is 1. The molecule has 1 aromatic carbocycles. The van der Waals surface area contributed by atoms with E-state index in [0.29, 0.717) is 19.4 Å². The van der Waals surface area contributed by atoms with Crippen LogP contribution in [0.4, 0.5) is 0 Å². The summed E-state index contributed by atoms with van der Waals surface area (Å²) in [5.74, 6) is -0.0137. The molecule has 4 unspecified atom stereocenters. The van der Waals surface area contributed by atoms with Crippen molar-refractivity contribution in [2.24, 2.45) is 0 Å². The van der Waals surface area contributed by atoms with Gasteiger partial charge in [-0.25, -0.2) is 4.84 Å². The number of hydroxylamine groups is 2. The fourth-order valence-electron chi connectivity index (χ4n) is 4.01. The van der Waals surface area contributed by atoms with Crippen molar-refractivity contribution in [1.82, 2.24) is 10.2 Å². The first-order valence-electron chi connectivity index (χ1n) is 9.08. The van der Waals surface area contributed by atoms with Crippen LogP contribution in [0.2, 0.25) is 0 Å². The highest BCUT2D eigenvalue weighted by atomic mass is 17.0. The Kier molecular flexibility index (Phi) is 5.02. The van der Waals surface area contributed by atoms with Gasteiger partial charge >= 0.3 is 0 Å². The third-order valence-corrected chi connectivity index (χ3v) is 5.30. The molecule has 2 saturated heterocycles. The van der Waals surface area contributed by atoms with E-state index in [-0.39, 0.29) is 18.6 Å². The number of aliphatic hydroxyl groups is 1. The maximum atomic E-state index is 10.4. The molecule has 4 atom stereocenters. The second-order valence-electron chi connectivity index (χ2n) is 6.79. The predicted molar refractivity (Wildman–Crippen MR) is 94.6 cm³/mol. The molecule has 0 saturated carbocycles. The van der Waals surface area contributed by atoms with E-state index in [9.17, 15) is 5.11 Å². The number of ether oxygens (including phenoxy) is 1. The van der Waals surface area contributed by atoms with Crippen LogP contribution in [0, 0.1) is 0 Å². The van der Waals surface area contributed by atoms with Crippen LogP contribution in [-0.2, 0) is 14.4 Å². The second kappa shape index (κ2) is 7.42. The zero-order valence-corrected chi connectivity index (χ0v) is 14.8. The molecule has 6 nitrogen and oxygen atoms in total. The molecule has 26 heavy (non-hydrogen) atoms. The molecule has 0 radical (unpaired) electrons. The molecule has 4 rings (SSSR count). The molecule has 2 aliphatic heterocycles. The predicted octanol–water partition coefficient (Wildman–Crippen LogP) is 2.97. The average Bonchev–Trinajstić information content (AvgIpc) is 3.09. The Balaban J connectivity index is 1.70. The number of hydrogen-bond acceptors (Lipinski definition) is 6. The van der Waals surface area contributed by atoms with Gasteiger partial charge in [-0.15, -0.1) is 0 Å². The van der Waals surface area contributed by atoms with Crippen LogP contribution in [-0.4, -0.2) is 40.4 Å². The Bertz CT molecular complexity index is 714. The van der Waals surface area contributed by atoms with Gasteiger partial charge in [-0.3, -0.25) is 9.82 Å². The Morgan fingerprint density at radius 1 is 1.19 bits per heavy atom. The minimum Gasteiger partial charge on any atom is -0.394 e. The molecule has 0 aliphatic carbocycles. The fourth-order valence-corrected chi connectivity index (χ4v) is 4.01. The third-order valence-electron chi connectivity index (χ3n) is 5.30. The van der Waals surface area contributed by atoms with Gasteiger partial charge < -0.3 is 9.84 Å². The van der Waals surface area contributed by atoms with E-state index in [1.54, 1.807) is 6.20 Å². The molecule has 6 heteroatoms. The van der Waals surface area contributed by atoms with Crippen molar-refractivity contribution in [3.05, 3.63) is 66.0 Å². The van der Waals surface area contributed by atoms with Crippen LogP contribution in [0.5, 0.6) is 0 Å². The summed E-state index contributed by atoms with van der Waals surface area (Å²) in [6.45, 7) is 2.41. The quantitative estimate of drug-likeness (QED) is 0.889. The summed E-state index contributed by atoms with van der Waals surface area (Å²) in [7, 11) is 0. The Labute approximate surface area is 153 Å². The summed E-state index contributed by atoms with van der Waals surface area (Å²) in [5, 5.41) is 11.9. The molecule has 1 N–H and O–H groups in total. The lowest BCUT2D eigenvalue weighted by molar-refractivity contribution is -0.460. The van der Waals surface area contributed by atoms with Crippen LogP contribution in [0.1, 0.15) is 42.9 Å². The molecule has 1 aromatic heterocycles. The topological polar surface area (TPSA) is 64.0 Å². The monoisotopic (exact) mass is 356 g/mol. The molecular formula is C20H24N2O4. The lowest BCUT2D eigenvalue weighted by atomic mass is 9.74. The summed E-state index contributed by atoms with van der Waals surface area (Å²) in [5.41, 5.74) is 1.45. The number of benzene rings is 1. The lowest BCUT2D eigenvalue weighted by Gasteiger charge is -2.46. The lowest BCUT2D eigenvalue weighted by Crippen LogP contribution is -2.57. The van der Waals surface area contributed by atoms with E-state index in [4.69, 9.17) is 14.4 Å². The highest BCUT2D eigenvalue weighted by Gasteiger charge is 2.58. The summed E-state index contributed by atoms with van der Waals surface area (Å²) < 4.78 is 5.73. The largest absolute Gasteiger partial charge is 0.394 e. The van der Waals surface area contributed by atoms with Crippen molar-refractivity contribution in [2.45, 2.75) is 43.6 Å². The minimum absolute atomic E-state index is 0.0137. The van der Waals surface area contributed by atoms with Crippen molar-refractivity contribution < 1.29 is 19.5 Å². The molecule has 0 bridgehead atoms. The molecule has 2 aliphatic rings. The Hall–Kier alpha value is -1.83. The van der Waals surface area contributed by atoms with E-state index in [1.165, 1.54) is 5.23 Å². The first-order valence-corrected chi connectivity index (χ1v) is 9.08. The van der Waals surface area contributed by atoms with Crippen LogP contribution < -0.4 is 0 Å². The number of rotatable bonds is 5. The van der Waals surface area contributed by atoms with Crippen molar-refractivity contribution in [3.8, 4) is 0 Å². The van der Waals surface area contributed by atoms with Crippen molar-refractivity contribution >= 4 is 0 Å². The second-order valence-corrected chi connectivity index (χ2v) is 6.79. The molecule has 2 aromatic rings. The van der Waals surface area contributed by atoms with E-state index < -0.39 is 11.8 Å². The molecule has 0 spiro atoms. The molecule has 2 fully saturated rings. The minimum atomic E-state index is -0.670. The van der Waals surface area contributed by atoms with Gasteiger partial charge in [-0.2, -0.15) is 0 Å². The van der Waals surface area contributed by atoms with E-state index >= 15 is 0 Å². The summed E-state index contributed by atoms with van der Waals surface area (Å²) in [6, 6.07) is 14.0. The normalized spacial score (nSPS) is 31.7. The van der Waals surface area contributed by atoms with E-state index in [2.05, 4.69) is 4.98 Å². The molecule has 0 amide bonds. The first kappa shape index (κ1) is 17.6. The highest BCUT2D eigenvalue weighted by molar-refractivity contribution is 5.25. The summed E-state index contributed by atoms with van der Waals surface area (Å²) in [4.78, 5) is 16.3. The van der Waals surface area contributed by atoms with Gasteiger partial charge in [0.05, 0.1) is 6.61 Å². The van der Waals surface area contributed by atoms with Crippen molar-refractivity contribution in [1.29, 1.82) is 0 Å². The highest BCUT2D eigenvalue weighted by Crippen LogP contribution is 2.52. The zero-order valence-electron chi connectivity index (χ0n) is 14.8. The van der Waals surface area contributed by atoms with Gasteiger partial charge in [-0.1, -0.05) is 41.6 Å². The van der Waals surface area contributed by atoms with Crippen LogP contribution in [0.25, 0.3) is 0 Å². The number of fused-ring (bicyclic) bond motifs is 1. The number of pyridine rings is 1. The van der Waals surface area contributed by atoms with Crippen LogP contribution >= 0.6 is 0 Å². The number of hydrogen-bond donors (Lipinski definition) is 1. The van der Waals surface area contributed by atoms with Gasteiger partial charge in [0.1, 0.15) is 11.6 Å². The molecular weight excluding hydrogens is 332 g/mol.